The highest BCUT2D eigenvalue weighted by atomic mass is 35.5. The lowest BCUT2D eigenvalue weighted by molar-refractivity contribution is 0.828. The Hall–Kier alpha value is -0.760. The molecule has 1 aliphatic rings. The first-order chi connectivity index (χ1) is 6.42. The maximum Gasteiger partial charge on any atom is 0.0399 e. The molecule has 70 valence electrons. The first-order valence-electron chi connectivity index (χ1n) is 4.64. The number of hydrogen-bond donors (Lipinski definition) is 0. The second-order valence-electron chi connectivity index (χ2n) is 3.32. The molecule has 1 saturated carbocycles. The summed E-state index contributed by atoms with van der Waals surface area (Å²) in [5, 5.41) is 0. The lowest BCUT2D eigenvalue weighted by Gasteiger charge is -2.23. The molecule has 0 unspecified atom stereocenters. The number of halogens is 1. The van der Waals surface area contributed by atoms with E-state index < -0.39 is 0 Å². The van der Waals surface area contributed by atoms with Gasteiger partial charge >= 0.3 is 0 Å². The summed E-state index contributed by atoms with van der Waals surface area (Å²) in [6.07, 6.45) is 6.27. The second-order valence-corrected chi connectivity index (χ2v) is 3.70. The Morgan fingerprint density at radius 3 is 2.62 bits per heavy atom. The molecule has 0 radical (unpaired) electrons. The molecular weight excluding hydrogens is 184 g/mol. The summed E-state index contributed by atoms with van der Waals surface area (Å²) in [5.41, 5.74) is 1.25. The molecule has 0 spiro atoms. The van der Waals surface area contributed by atoms with Crippen molar-refractivity contribution in [3.63, 3.8) is 0 Å². The number of hydrogen-bond acceptors (Lipinski definition) is 2. The minimum absolute atomic E-state index is 0.693. The van der Waals surface area contributed by atoms with E-state index in [4.69, 9.17) is 11.6 Å². The lowest BCUT2D eigenvalue weighted by atomic mass is 10.3. The highest BCUT2D eigenvalue weighted by Crippen LogP contribution is 2.30. The quantitative estimate of drug-likeness (QED) is 0.687. The summed E-state index contributed by atoms with van der Waals surface area (Å²) in [5.74, 6) is 0.693. The molecule has 3 heteroatoms. The van der Waals surface area contributed by atoms with Crippen molar-refractivity contribution in [3.05, 3.63) is 24.5 Å². The van der Waals surface area contributed by atoms with Crippen molar-refractivity contribution in [2.75, 3.05) is 17.3 Å². The van der Waals surface area contributed by atoms with Crippen molar-refractivity contribution in [1.82, 2.24) is 4.98 Å². The van der Waals surface area contributed by atoms with Crippen molar-refractivity contribution in [2.24, 2.45) is 0 Å². The molecule has 1 heterocycles. The molecule has 0 aromatic carbocycles. The number of anilines is 1. The molecule has 1 aromatic heterocycles. The average molecular weight is 197 g/mol. The highest BCUT2D eigenvalue weighted by molar-refractivity contribution is 6.18. The zero-order valence-electron chi connectivity index (χ0n) is 7.49. The van der Waals surface area contributed by atoms with Crippen molar-refractivity contribution in [3.8, 4) is 0 Å². The smallest absolute Gasteiger partial charge is 0.0399 e. The third kappa shape index (κ3) is 2.13. The Kier molecular flexibility index (Phi) is 2.69. The van der Waals surface area contributed by atoms with Gasteiger partial charge in [-0.2, -0.15) is 0 Å². The minimum atomic E-state index is 0.693. The first-order valence-corrected chi connectivity index (χ1v) is 5.18. The fourth-order valence-corrected chi connectivity index (χ4v) is 1.72. The van der Waals surface area contributed by atoms with Gasteiger partial charge in [-0.25, -0.2) is 0 Å². The summed E-state index contributed by atoms with van der Waals surface area (Å²) in [4.78, 5) is 6.38. The van der Waals surface area contributed by atoms with Crippen LogP contribution in [0.1, 0.15) is 12.8 Å². The number of aromatic nitrogens is 1. The zero-order valence-corrected chi connectivity index (χ0v) is 8.24. The van der Waals surface area contributed by atoms with Gasteiger partial charge in [-0.1, -0.05) is 0 Å². The zero-order chi connectivity index (χ0) is 9.10. The number of nitrogens with zero attached hydrogens (tertiary/aromatic N) is 2. The van der Waals surface area contributed by atoms with Crippen LogP contribution in [0.2, 0.25) is 0 Å². The Morgan fingerprint density at radius 2 is 2.08 bits per heavy atom. The standard InChI is InChI=1S/C10H13ClN2/c11-5-8-13(9-1-2-9)10-3-6-12-7-4-10/h3-4,6-7,9H,1-2,5,8H2. The van der Waals surface area contributed by atoms with Gasteiger partial charge < -0.3 is 4.90 Å². The van der Waals surface area contributed by atoms with Gasteiger partial charge in [-0.15, -0.1) is 11.6 Å². The van der Waals surface area contributed by atoms with Gasteiger partial charge in [0.2, 0.25) is 0 Å². The average Bonchev–Trinajstić information content (AvgIpc) is 2.99. The number of alkyl halides is 1. The maximum atomic E-state index is 5.76. The van der Waals surface area contributed by atoms with E-state index in [1.165, 1.54) is 18.5 Å². The fourth-order valence-electron chi connectivity index (χ4n) is 1.54. The lowest BCUT2D eigenvalue weighted by Crippen LogP contribution is -2.27. The van der Waals surface area contributed by atoms with Crippen LogP contribution in [-0.4, -0.2) is 23.5 Å². The Morgan fingerprint density at radius 1 is 1.38 bits per heavy atom. The van der Waals surface area contributed by atoms with Crippen molar-refractivity contribution in [2.45, 2.75) is 18.9 Å². The van der Waals surface area contributed by atoms with Crippen LogP contribution in [0.15, 0.2) is 24.5 Å². The molecule has 1 aliphatic carbocycles. The van der Waals surface area contributed by atoms with Crippen molar-refractivity contribution in [1.29, 1.82) is 0 Å². The summed E-state index contributed by atoms with van der Waals surface area (Å²) in [6, 6.07) is 4.82. The molecule has 0 saturated heterocycles. The van der Waals surface area contributed by atoms with E-state index in [2.05, 4.69) is 9.88 Å². The number of pyridine rings is 1. The molecule has 1 fully saturated rings. The third-order valence-corrected chi connectivity index (χ3v) is 2.48. The minimum Gasteiger partial charge on any atom is -0.367 e. The first kappa shape index (κ1) is 8.82. The largest absolute Gasteiger partial charge is 0.367 e. The molecule has 0 atom stereocenters. The van der Waals surface area contributed by atoms with Crippen LogP contribution in [0.3, 0.4) is 0 Å². The summed E-state index contributed by atoms with van der Waals surface area (Å²) >= 11 is 5.76. The summed E-state index contributed by atoms with van der Waals surface area (Å²) < 4.78 is 0. The molecule has 2 nitrogen and oxygen atoms in total. The topological polar surface area (TPSA) is 16.1 Å². The van der Waals surface area contributed by atoms with Gasteiger partial charge in [0, 0.05) is 36.5 Å². The second kappa shape index (κ2) is 3.97. The molecule has 0 bridgehead atoms. The van der Waals surface area contributed by atoms with E-state index in [0.717, 1.165) is 12.6 Å². The Labute approximate surface area is 83.5 Å². The van der Waals surface area contributed by atoms with Gasteiger partial charge in [0.05, 0.1) is 0 Å². The highest BCUT2D eigenvalue weighted by Gasteiger charge is 2.28. The van der Waals surface area contributed by atoms with Crippen LogP contribution in [0.4, 0.5) is 5.69 Å². The van der Waals surface area contributed by atoms with Crippen LogP contribution in [0, 0.1) is 0 Å². The van der Waals surface area contributed by atoms with Crippen LogP contribution in [0.25, 0.3) is 0 Å². The molecule has 0 aliphatic heterocycles. The van der Waals surface area contributed by atoms with Crippen LogP contribution < -0.4 is 4.90 Å². The van der Waals surface area contributed by atoms with Gasteiger partial charge in [-0.3, -0.25) is 4.98 Å². The molecule has 0 amide bonds. The molecule has 13 heavy (non-hydrogen) atoms. The summed E-state index contributed by atoms with van der Waals surface area (Å²) in [7, 11) is 0. The molecule has 2 rings (SSSR count). The van der Waals surface area contributed by atoms with E-state index >= 15 is 0 Å². The Bertz CT molecular complexity index is 259. The van der Waals surface area contributed by atoms with Crippen LogP contribution in [0.5, 0.6) is 0 Å². The Balaban J connectivity index is 2.10. The van der Waals surface area contributed by atoms with Gasteiger partial charge in [0.25, 0.3) is 0 Å². The van der Waals surface area contributed by atoms with Gasteiger partial charge in [0.1, 0.15) is 0 Å². The monoisotopic (exact) mass is 196 g/mol. The van der Waals surface area contributed by atoms with E-state index in [1.807, 2.05) is 24.5 Å². The van der Waals surface area contributed by atoms with Crippen LogP contribution in [-0.2, 0) is 0 Å². The third-order valence-electron chi connectivity index (χ3n) is 2.31. The normalized spacial score (nSPS) is 15.8. The van der Waals surface area contributed by atoms with Crippen molar-refractivity contribution < 1.29 is 0 Å². The number of rotatable bonds is 4. The van der Waals surface area contributed by atoms with E-state index in [1.54, 1.807) is 0 Å². The van der Waals surface area contributed by atoms with E-state index in [9.17, 15) is 0 Å². The van der Waals surface area contributed by atoms with Crippen LogP contribution >= 0.6 is 11.6 Å². The molecule has 1 aromatic rings. The maximum absolute atomic E-state index is 5.76. The predicted octanol–water partition coefficient (Wildman–Crippen LogP) is 2.29. The summed E-state index contributed by atoms with van der Waals surface area (Å²) in [6.45, 7) is 0.941. The van der Waals surface area contributed by atoms with E-state index in [-0.39, 0.29) is 0 Å². The SMILES string of the molecule is ClCCN(c1ccncc1)C1CC1. The fraction of sp³-hybridized carbons (Fsp3) is 0.500. The van der Waals surface area contributed by atoms with E-state index in [0.29, 0.717) is 5.88 Å². The predicted molar refractivity (Wildman–Crippen MR) is 55.3 cm³/mol. The van der Waals surface area contributed by atoms with Crippen molar-refractivity contribution >= 4 is 17.3 Å². The van der Waals surface area contributed by atoms with Gasteiger partial charge in [0.15, 0.2) is 0 Å². The molecule has 0 N–H and O–H groups in total. The van der Waals surface area contributed by atoms with Gasteiger partial charge in [-0.05, 0) is 25.0 Å². The molecular formula is C10H13ClN2.